The number of rotatable bonds is 2. The van der Waals surface area contributed by atoms with Crippen molar-refractivity contribution >= 4 is 55.5 Å². The van der Waals surface area contributed by atoms with Crippen LogP contribution in [0.25, 0.3) is 10.8 Å². The Labute approximate surface area is 129 Å². The summed E-state index contributed by atoms with van der Waals surface area (Å²) < 4.78 is 1.05. The van der Waals surface area contributed by atoms with Gasteiger partial charge in [-0.05, 0) is 23.6 Å². The lowest BCUT2D eigenvalue weighted by molar-refractivity contribution is 1.31. The molecular formula is C15H11BrClN3. The Kier molecular flexibility index (Phi) is 3.51. The standard InChI is InChI=1S/C15H11BrClN3/c16-12-5-6-14(11-4-2-1-3-10(11)12)20-15-13(18)7-9(17)8-19-15/h1-8H,18H2,(H,19,20). The van der Waals surface area contributed by atoms with E-state index in [1.165, 1.54) is 0 Å². The predicted molar refractivity (Wildman–Crippen MR) is 88.6 cm³/mol. The summed E-state index contributed by atoms with van der Waals surface area (Å²) in [5.41, 5.74) is 7.39. The molecule has 0 saturated heterocycles. The van der Waals surface area contributed by atoms with Crippen LogP contribution in [0.15, 0.2) is 53.1 Å². The highest BCUT2D eigenvalue weighted by Crippen LogP contribution is 2.32. The molecule has 1 aromatic heterocycles. The average molecular weight is 349 g/mol. The van der Waals surface area contributed by atoms with Crippen molar-refractivity contribution in [3.8, 4) is 0 Å². The second-order valence-corrected chi connectivity index (χ2v) is 5.65. The van der Waals surface area contributed by atoms with Gasteiger partial charge >= 0.3 is 0 Å². The number of nitrogens with one attached hydrogen (secondary N) is 1. The fraction of sp³-hybridized carbons (Fsp3) is 0. The number of nitrogen functional groups attached to an aromatic ring is 1. The van der Waals surface area contributed by atoms with Crippen LogP contribution in [-0.4, -0.2) is 4.98 Å². The number of hydrogen-bond acceptors (Lipinski definition) is 3. The number of nitrogens with two attached hydrogens (primary N) is 1. The van der Waals surface area contributed by atoms with Gasteiger partial charge in [0.2, 0.25) is 0 Å². The summed E-state index contributed by atoms with van der Waals surface area (Å²) >= 11 is 9.41. The fourth-order valence-electron chi connectivity index (χ4n) is 2.06. The van der Waals surface area contributed by atoms with Crippen LogP contribution < -0.4 is 11.1 Å². The maximum atomic E-state index is 5.92. The summed E-state index contributed by atoms with van der Waals surface area (Å²) in [6.45, 7) is 0. The molecule has 3 nitrogen and oxygen atoms in total. The number of fused-ring (bicyclic) bond motifs is 1. The smallest absolute Gasteiger partial charge is 0.153 e. The Balaban J connectivity index is 2.09. The summed E-state index contributed by atoms with van der Waals surface area (Å²) in [5, 5.41) is 6.00. The van der Waals surface area contributed by atoms with Gasteiger partial charge in [0, 0.05) is 21.7 Å². The monoisotopic (exact) mass is 347 g/mol. The van der Waals surface area contributed by atoms with E-state index < -0.39 is 0 Å². The van der Waals surface area contributed by atoms with Crippen molar-refractivity contribution in [3.05, 3.63) is 58.2 Å². The van der Waals surface area contributed by atoms with Crippen LogP contribution >= 0.6 is 27.5 Å². The van der Waals surface area contributed by atoms with Crippen molar-refractivity contribution in [2.75, 3.05) is 11.1 Å². The first-order chi connectivity index (χ1) is 9.65. The lowest BCUT2D eigenvalue weighted by Crippen LogP contribution is -1.99. The van der Waals surface area contributed by atoms with E-state index in [1.54, 1.807) is 12.3 Å². The molecule has 1 heterocycles. The van der Waals surface area contributed by atoms with Crippen LogP contribution in [0, 0.1) is 0 Å². The van der Waals surface area contributed by atoms with E-state index in [4.69, 9.17) is 17.3 Å². The van der Waals surface area contributed by atoms with Crippen LogP contribution in [0.1, 0.15) is 0 Å². The minimum atomic E-state index is 0.518. The normalized spacial score (nSPS) is 10.7. The molecule has 20 heavy (non-hydrogen) atoms. The topological polar surface area (TPSA) is 50.9 Å². The summed E-state index contributed by atoms with van der Waals surface area (Å²) in [6, 6.07) is 13.8. The van der Waals surface area contributed by atoms with Crippen molar-refractivity contribution in [2.24, 2.45) is 0 Å². The molecule has 0 saturated carbocycles. The number of halogens is 2. The first-order valence-corrected chi connectivity index (χ1v) is 7.17. The summed E-state index contributed by atoms with van der Waals surface area (Å²) in [7, 11) is 0. The van der Waals surface area contributed by atoms with Gasteiger partial charge < -0.3 is 11.1 Å². The molecule has 0 amide bonds. The van der Waals surface area contributed by atoms with E-state index >= 15 is 0 Å². The molecule has 0 aliphatic rings. The zero-order valence-corrected chi connectivity index (χ0v) is 12.7. The largest absolute Gasteiger partial charge is 0.396 e. The van der Waals surface area contributed by atoms with E-state index in [2.05, 4.69) is 38.4 Å². The number of anilines is 3. The molecule has 0 unspecified atom stereocenters. The van der Waals surface area contributed by atoms with Crippen LogP contribution in [0.4, 0.5) is 17.2 Å². The van der Waals surface area contributed by atoms with Crippen molar-refractivity contribution < 1.29 is 0 Å². The van der Waals surface area contributed by atoms with E-state index in [9.17, 15) is 0 Å². The van der Waals surface area contributed by atoms with Gasteiger partial charge in [-0.1, -0.05) is 51.8 Å². The minimum Gasteiger partial charge on any atom is -0.396 e. The molecule has 5 heteroatoms. The number of nitrogens with zero attached hydrogens (tertiary/aromatic N) is 1. The van der Waals surface area contributed by atoms with Crippen LogP contribution in [0.5, 0.6) is 0 Å². The van der Waals surface area contributed by atoms with Gasteiger partial charge in [0.05, 0.1) is 10.7 Å². The Morgan fingerprint density at radius 2 is 1.85 bits per heavy atom. The SMILES string of the molecule is Nc1cc(Cl)cnc1Nc1ccc(Br)c2ccccc12. The van der Waals surface area contributed by atoms with Gasteiger partial charge in [0.25, 0.3) is 0 Å². The summed E-state index contributed by atoms with van der Waals surface area (Å²) in [5.74, 6) is 0.599. The van der Waals surface area contributed by atoms with Gasteiger partial charge in [-0.2, -0.15) is 0 Å². The Morgan fingerprint density at radius 3 is 2.60 bits per heavy atom. The number of aromatic nitrogens is 1. The number of pyridine rings is 1. The minimum absolute atomic E-state index is 0.518. The molecule has 2 aromatic carbocycles. The third-order valence-electron chi connectivity index (χ3n) is 3.01. The first kappa shape index (κ1) is 13.2. The highest BCUT2D eigenvalue weighted by atomic mass is 79.9. The molecule has 0 aliphatic carbocycles. The Hall–Kier alpha value is -1.78. The predicted octanol–water partition coefficient (Wildman–Crippen LogP) is 4.98. The van der Waals surface area contributed by atoms with Gasteiger partial charge in [0.1, 0.15) is 0 Å². The van der Waals surface area contributed by atoms with Crippen LogP contribution in [0.3, 0.4) is 0 Å². The third kappa shape index (κ3) is 2.44. The molecule has 3 N–H and O–H groups in total. The van der Waals surface area contributed by atoms with E-state index in [1.807, 2.05) is 24.3 Å². The fourth-order valence-corrected chi connectivity index (χ4v) is 2.70. The molecule has 3 rings (SSSR count). The first-order valence-electron chi connectivity index (χ1n) is 6.00. The lowest BCUT2D eigenvalue weighted by atomic mass is 10.1. The molecule has 0 atom stereocenters. The highest BCUT2D eigenvalue weighted by Gasteiger charge is 2.07. The molecular weight excluding hydrogens is 338 g/mol. The molecule has 0 radical (unpaired) electrons. The maximum Gasteiger partial charge on any atom is 0.153 e. The lowest BCUT2D eigenvalue weighted by Gasteiger charge is -2.12. The van der Waals surface area contributed by atoms with Gasteiger partial charge in [-0.25, -0.2) is 4.98 Å². The van der Waals surface area contributed by atoms with Crippen molar-refractivity contribution in [3.63, 3.8) is 0 Å². The quantitative estimate of drug-likeness (QED) is 0.687. The second-order valence-electron chi connectivity index (χ2n) is 4.36. The molecule has 0 bridgehead atoms. The van der Waals surface area contributed by atoms with Gasteiger partial charge in [0.15, 0.2) is 5.82 Å². The molecule has 0 fully saturated rings. The van der Waals surface area contributed by atoms with E-state index in [0.717, 1.165) is 20.9 Å². The summed E-state index contributed by atoms with van der Waals surface area (Å²) in [4.78, 5) is 4.22. The van der Waals surface area contributed by atoms with Gasteiger partial charge in [-0.15, -0.1) is 0 Å². The zero-order valence-electron chi connectivity index (χ0n) is 10.4. The van der Waals surface area contributed by atoms with Gasteiger partial charge in [-0.3, -0.25) is 0 Å². The maximum absolute atomic E-state index is 5.92. The van der Waals surface area contributed by atoms with E-state index in [-0.39, 0.29) is 0 Å². The van der Waals surface area contributed by atoms with Crippen molar-refractivity contribution in [1.29, 1.82) is 0 Å². The number of hydrogen-bond donors (Lipinski definition) is 2. The second kappa shape index (κ2) is 5.31. The highest BCUT2D eigenvalue weighted by molar-refractivity contribution is 9.10. The molecule has 0 aliphatic heterocycles. The molecule has 3 aromatic rings. The van der Waals surface area contributed by atoms with Crippen LogP contribution in [-0.2, 0) is 0 Å². The molecule has 0 spiro atoms. The average Bonchev–Trinajstić information content (AvgIpc) is 2.45. The Morgan fingerprint density at radius 1 is 1.10 bits per heavy atom. The number of benzene rings is 2. The van der Waals surface area contributed by atoms with Crippen LogP contribution in [0.2, 0.25) is 5.02 Å². The third-order valence-corrected chi connectivity index (χ3v) is 3.91. The van der Waals surface area contributed by atoms with Crippen molar-refractivity contribution in [1.82, 2.24) is 4.98 Å². The Bertz CT molecular complexity index is 789. The zero-order chi connectivity index (χ0) is 14.1. The summed E-state index contributed by atoms with van der Waals surface area (Å²) in [6.07, 6.45) is 1.57. The van der Waals surface area contributed by atoms with Crippen molar-refractivity contribution in [2.45, 2.75) is 0 Å². The van der Waals surface area contributed by atoms with E-state index in [0.29, 0.717) is 16.5 Å². The molecule has 100 valence electrons.